The highest BCUT2D eigenvalue weighted by Crippen LogP contribution is 2.50. The van der Waals surface area contributed by atoms with Gasteiger partial charge >= 0.3 is 0 Å². The highest BCUT2D eigenvalue weighted by atomic mass is 35.5. The minimum atomic E-state index is -0.632. The number of carbonyl (C=O) groups excluding carboxylic acids is 1. The van der Waals surface area contributed by atoms with Crippen LogP contribution in [-0.4, -0.2) is 27.5 Å². The fourth-order valence-corrected chi connectivity index (χ4v) is 3.21. The number of halogens is 1. The number of ether oxygens (including phenoxy) is 1. The monoisotopic (exact) mass is 279 g/mol. The predicted molar refractivity (Wildman–Crippen MR) is 69.4 cm³/mol. The Labute approximate surface area is 115 Å². The van der Waals surface area contributed by atoms with Crippen molar-refractivity contribution < 1.29 is 9.53 Å². The lowest BCUT2D eigenvalue weighted by Crippen LogP contribution is -2.52. The molecule has 0 bridgehead atoms. The zero-order valence-electron chi connectivity index (χ0n) is 10.4. The topological polar surface area (TPSA) is 55.3 Å². The van der Waals surface area contributed by atoms with Crippen molar-refractivity contribution >= 4 is 23.3 Å². The third-order valence-corrected chi connectivity index (χ3v) is 4.43. The minimum absolute atomic E-state index is 0.0571. The highest BCUT2D eigenvalue weighted by Gasteiger charge is 2.59. The second kappa shape index (κ2) is 3.82. The Kier molecular flexibility index (Phi) is 2.31. The van der Waals surface area contributed by atoms with Crippen molar-refractivity contribution in [1.29, 1.82) is 0 Å². The van der Waals surface area contributed by atoms with Crippen molar-refractivity contribution in [1.82, 2.24) is 9.97 Å². The van der Waals surface area contributed by atoms with E-state index in [0.717, 1.165) is 38.5 Å². The van der Waals surface area contributed by atoms with Crippen LogP contribution in [0.3, 0.4) is 0 Å². The number of amides is 1. The summed E-state index contributed by atoms with van der Waals surface area (Å²) < 4.78 is 5.81. The molecule has 4 rings (SSSR count). The quantitative estimate of drug-likeness (QED) is 0.741. The van der Waals surface area contributed by atoms with E-state index in [1.807, 2.05) is 4.90 Å². The molecule has 1 aliphatic heterocycles. The number of hydrogen-bond acceptors (Lipinski definition) is 4. The van der Waals surface area contributed by atoms with E-state index in [4.69, 9.17) is 16.3 Å². The highest BCUT2D eigenvalue weighted by molar-refractivity contribution is 6.28. The smallest absolute Gasteiger partial charge is 0.272 e. The van der Waals surface area contributed by atoms with Gasteiger partial charge in [-0.15, -0.1) is 0 Å². The number of nitrogens with zero attached hydrogens (tertiary/aromatic N) is 3. The lowest BCUT2D eigenvalue weighted by Gasteiger charge is -2.37. The van der Waals surface area contributed by atoms with Crippen LogP contribution in [0.2, 0.25) is 5.28 Å². The molecule has 6 heteroatoms. The standard InChI is InChI=1S/C13H14ClN3O2/c14-12-15-7-9-10(16-12)17(8-3-1-2-4-8)11(18)13(19-9)5-6-13/h7-8H,1-6H2. The van der Waals surface area contributed by atoms with Crippen LogP contribution in [0.25, 0.3) is 0 Å². The minimum Gasteiger partial charge on any atom is -0.472 e. The molecule has 2 heterocycles. The van der Waals surface area contributed by atoms with E-state index in [2.05, 4.69) is 9.97 Å². The van der Waals surface area contributed by atoms with Crippen molar-refractivity contribution in [3.8, 4) is 5.75 Å². The van der Waals surface area contributed by atoms with Crippen molar-refractivity contribution in [2.24, 2.45) is 0 Å². The molecule has 2 saturated carbocycles. The van der Waals surface area contributed by atoms with Crippen molar-refractivity contribution in [3.05, 3.63) is 11.5 Å². The summed E-state index contributed by atoms with van der Waals surface area (Å²) in [6.07, 6.45) is 7.55. The summed E-state index contributed by atoms with van der Waals surface area (Å²) in [5.74, 6) is 1.20. The van der Waals surface area contributed by atoms with Crippen LogP contribution in [-0.2, 0) is 4.79 Å². The van der Waals surface area contributed by atoms with E-state index in [-0.39, 0.29) is 17.2 Å². The summed E-state index contributed by atoms with van der Waals surface area (Å²) >= 11 is 5.87. The maximum atomic E-state index is 12.7. The van der Waals surface area contributed by atoms with Gasteiger partial charge < -0.3 is 4.74 Å². The van der Waals surface area contributed by atoms with Gasteiger partial charge in [0.1, 0.15) is 0 Å². The largest absolute Gasteiger partial charge is 0.472 e. The van der Waals surface area contributed by atoms with Crippen LogP contribution in [0.5, 0.6) is 5.75 Å². The van der Waals surface area contributed by atoms with E-state index < -0.39 is 5.60 Å². The molecule has 1 aromatic rings. The summed E-state index contributed by atoms with van der Waals surface area (Å²) in [5.41, 5.74) is -0.632. The second-order valence-corrected chi connectivity index (χ2v) is 5.87. The number of fused-ring (bicyclic) bond motifs is 1. The fourth-order valence-electron chi connectivity index (χ4n) is 3.09. The Morgan fingerprint density at radius 3 is 2.79 bits per heavy atom. The molecule has 1 aromatic heterocycles. The van der Waals surface area contributed by atoms with E-state index in [9.17, 15) is 4.79 Å². The van der Waals surface area contributed by atoms with Gasteiger partial charge in [-0.25, -0.2) is 4.98 Å². The summed E-state index contributed by atoms with van der Waals surface area (Å²) in [5, 5.41) is 0.157. The first kappa shape index (κ1) is 11.5. The zero-order valence-corrected chi connectivity index (χ0v) is 11.2. The van der Waals surface area contributed by atoms with Gasteiger partial charge in [-0.3, -0.25) is 9.69 Å². The lowest BCUT2D eigenvalue weighted by atomic mass is 10.1. The van der Waals surface area contributed by atoms with E-state index >= 15 is 0 Å². The number of aromatic nitrogens is 2. The van der Waals surface area contributed by atoms with Gasteiger partial charge in [-0.2, -0.15) is 4.98 Å². The van der Waals surface area contributed by atoms with Gasteiger partial charge in [0, 0.05) is 18.9 Å². The Hall–Kier alpha value is -1.36. The van der Waals surface area contributed by atoms with Crippen molar-refractivity contribution in [2.75, 3.05) is 4.90 Å². The zero-order chi connectivity index (χ0) is 13.0. The molecule has 1 amide bonds. The normalized spacial score (nSPS) is 24.5. The van der Waals surface area contributed by atoms with Crippen LogP contribution in [0, 0.1) is 0 Å². The Bertz CT molecular complexity index is 553. The lowest BCUT2D eigenvalue weighted by molar-refractivity contribution is -0.128. The molecule has 0 aromatic carbocycles. The molecule has 0 unspecified atom stereocenters. The maximum absolute atomic E-state index is 12.7. The molecule has 0 radical (unpaired) electrons. The summed E-state index contributed by atoms with van der Waals surface area (Å²) in [6.45, 7) is 0. The predicted octanol–water partition coefficient (Wildman–Crippen LogP) is 2.33. The van der Waals surface area contributed by atoms with Gasteiger partial charge in [-0.05, 0) is 24.4 Å². The number of hydrogen-bond donors (Lipinski definition) is 0. The Morgan fingerprint density at radius 1 is 1.37 bits per heavy atom. The molecule has 19 heavy (non-hydrogen) atoms. The van der Waals surface area contributed by atoms with Crippen molar-refractivity contribution in [3.63, 3.8) is 0 Å². The molecule has 100 valence electrons. The number of anilines is 1. The third kappa shape index (κ3) is 1.64. The van der Waals surface area contributed by atoms with Crippen LogP contribution >= 0.6 is 11.6 Å². The first-order valence-corrected chi connectivity index (χ1v) is 7.13. The Balaban J connectivity index is 1.82. The van der Waals surface area contributed by atoms with Gasteiger partial charge in [0.25, 0.3) is 5.91 Å². The fraction of sp³-hybridized carbons (Fsp3) is 0.615. The SMILES string of the molecule is O=C1N(C2CCCC2)c2nc(Cl)ncc2OC12CC2. The van der Waals surface area contributed by atoms with E-state index in [0.29, 0.717) is 11.6 Å². The summed E-state index contributed by atoms with van der Waals surface area (Å²) in [7, 11) is 0. The first-order valence-electron chi connectivity index (χ1n) is 6.75. The molecular formula is C13H14ClN3O2. The molecule has 1 spiro atoms. The number of rotatable bonds is 1. The molecule has 0 N–H and O–H groups in total. The first-order chi connectivity index (χ1) is 9.20. The molecule has 2 aliphatic carbocycles. The average molecular weight is 280 g/mol. The van der Waals surface area contributed by atoms with Crippen LogP contribution in [0.4, 0.5) is 5.82 Å². The van der Waals surface area contributed by atoms with E-state index in [1.165, 1.54) is 0 Å². The van der Waals surface area contributed by atoms with Crippen LogP contribution < -0.4 is 9.64 Å². The molecular weight excluding hydrogens is 266 g/mol. The summed E-state index contributed by atoms with van der Waals surface area (Å²) in [6, 6.07) is 0.235. The molecule has 2 fully saturated rings. The Morgan fingerprint density at radius 2 is 2.11 bits per heavy atom. The maximum Gasteiger partial charge on any atom is 0.272 e. The van der Waals surface area contributed by atoms with Crippen LogP contribution in [0.1, 0.15) is 38.5 Å². The van der Waals surface area contributed by atoms with E-state index in [1.54, 1.807) is 6.20 Å². The molecule has 3 aliphatic rings. The second-order valence-electron chi connectivity index (χ2n) is 5.54. The van der Waals surface area contributed by atoms with Crippen molar-refractivity contribution in [2.45, 2.75) is 50.2 Å². The third-order valence-electron chi connectivity index (χ3n) is 4.24. The van der Waals surface area contributed by atoms with Gasteiger partial charge in [0.15, 0.2) is 17.2 Å². The molecule has 5 nitrogen and oxygen atoms in total. The summed E-state index contributed by atoms with van der Waals surface area (Å²) in [4.78, 5) is 22.7. The molecule has 0 saturated heterocycles. The van der Waals surface area contributed by atoms with Gasteiger partial charge in [0.2, 0.25) is 5.28 Å². The van der Waals surface area contributed by atoms with Gasteiger partial charge in [-0.1, -0.05) is 12.8 Å². The molecule has 0 atom stereocenters. The van der Waals surface area contributed by atoms with Gasteiger partial charge in [0.05, 0.1) is 6.20 Å². The number of carbonyl (C=O) groups is 1. The average Bonchev–Trinajstić information content (AvgIpc) is 2.96. The van der Waals surface area contributed by atoms with Crippen LogP contribution in [0.15, 0.2) is 6.20 Å².